The van der Waals surface area contributed by atoms with E-state index in [2.05, 4.69) is 11.9 Å². The fraction of sp³-hybridized carbons (Fsp3) is 0.571. The minimum absolute atomic E-state index is 0.179. The molecule has 3 rings (SSSR count). The van der Waals surface area contributed by atoms with Crippen molar-refractivity contribution in [3.8, 4) is 0 Å². The third-order valence-electron chi connectivity index (χ3n) is 3.74. The van der Waals surface area contributed by atoms with Gasteiger partial charge >= 0.3 is 0 Å². The van der Waals surface area contributed by atoms with Gasteiger partial charge in [0, 0.05) is 26.7 Å². The summed E-state index contributed by atoms with van der Waals surface area (Å²) in [6.07, 6.45) is 3.48. The van der Waals surface area contributed by atoms with Gasteiger partial charge in [-0.25, -0.2) is 4.98 Å². The van der Waals surface area contributed by atoms with Crippen LogP contribution in [-0.4, -0.2) is 42.5 Å². The number of thiophene rings is 1. The van der Waals surface area contributed by atoms with Gasteiger partial charge in [0.15, 0.2) is 5.13 Å². The van der Waals surface area contributed by atoms with E-state index in [0.717, 1.165) is 38.9 Å². The number of hydrogen-bond donors (Lipinski definition) is 0. The van der Waals surface area contributed by atoms with E-state index < -0.39 is 0 Å². The number of thiazole rings is 1. The highest BCUT2D eigenvalue weighted by Gasteiger charge is 2.26. The first-order valence-corrected chi connectivity index (χ1v) is 8.58. The lowest BCUT2D eigenvalue weighted by molar-refractivity contribution is 0.0641. The standard InChI is InChI=1S/C14H19N3OS2/c1-9-6-4-5-7-17(9)13(18)11-8-10-12(19-11)15-14(20-10)16(2)3/h8-9H,4-7H2,1-3H3. The molecule has 0 aromatic carbocycles. The maximum atomic E-state index is 12.6. The predicted molar refractivity (Wildman–Crippen MR) is 86.2 cm³/mol. The minimum Gasteiger partial charge on any atom is -0.354 e. The molecule has 0 radical (unpaired) electrons. The van der Waals surface area contributed by atoms with E-state index in [-0.39, 0.29) is 5.91 Å². The topological polar surface area (TPSA) is 36.4 Å². The molecule has 2 aromatic rings. The quantitative estimate of drug-likeness (QED) is 0.852. The maximum Gasteiger partial charge on any atom is 0.264 e. The molecule has 0 saturated carbocycles. The zero-order chi connectivity index (χ0) is 14.3. The lowest BCUT2D eigenvalue weighted by atomic mass is 10.0. The molecule has 0 aliphatic carbocycles. The smallest absolute Gasteiger partial charge is 0.264 e. The van der Waals surface area contributed by atoms with Crippen LogP contribution in [0.1, 0.15) is 35.9 Å². The van der Waals surface area contributed by atoms with E-state index in [0.29, 0.717) is 6.04 Å². The van der Waals surface area contributed by atoms with Gasteiger partial charge in [-0.2, -0.15) is 0 Å². The van der Waals surface area contributed by atoms with Crippen LogP contribution in [0.15, 0.2) is 6.07 Å². The molecule has 1 unspecified atom stereocenters. The van der Waals surface area contributed by atoms with E-state index in [1.807, 2.05) is 30.0 Å². The fourth-order valence-corrected chi connectivity index (χ4v) is 4.65. The van der Waals surface area contributed by atoms with Crippen molar-refractivity contribution in [2.24, 2.45) is 0 Å². The van der Waals surface area contributed by atoms with Crippen molar-refractivity contribution in [2.75, 3.05) is 25.5 Å². The molecule has 1 aliphatic heterocycles. The zero-order valence-electron chi connectivity index (χ0n) is 12.0. The van der Waals surface area contributed by atoms with Crippen LogP contribution in [0.5, 0.6) is 0 Å². The van der Waals surface area contributed by atoms with E-state index in [1.54, 1.807) is 11.3 Å². The number of carbonyl (C=O) groups is 1. The summed E-state index contributed by atoms with van der Waals surface area (Å²) in [5.41, 5.74) is 0. The summed E-state index contributed by atoms with van der Waals surface area (Å²) in [5.74, 6) is 0.179. The molecule has 108 valence electrons. The van der Waals surface area contributed by atoms with Gasteiger partial charge in [-0.15, -0.1) is 11.3 Å². The molecular formula is C14H19N3OS2. The largest absolute Gasteiger partial charge is 0.354 e. The summed E-state index contributed by atoms with van der Waals surface area (Å²) in [4.78, 5) is 23.0. The average Bonchev–Trinajstić information content (AvgIpc) is 2.96. The molecule has 0 N–H and O–H groups in total. The summed E-state index contributed by atoms with van der Waals surface area (Å²) in [5, 5.41) is 0.997. The molecular weight excluding hydrogens is 290 g/mol. The molecule has 1 fully saturated rings. The van der Waals surface area contributed by atoms with E-state index >= 15 is 0 Å². The number of likely N-dealkylation sites (tertiary alicyclic amines) is 1. The Morgan fingerprint density at radius 2 is 2.20 bits per heavy atom. The van der Waals surface area contributed by atoms with Crippen molar-refractivity contribution in [3.63, 3.8) is 0 Å². The number of aromatic nitrogens is 1. The van der Waals surface area contributed by atoms with Crippen molar-refractivity contribution in [2.45, 2.75) is 32.2 Å². The Kier molecular flexibility index (Phi) is 3.69. The summed E-state index contributed by atoms with van der Waals surface area (Å²) in [6.45, 7) is 3.04. The van der Waals surface area contributed by atoms with Crippen LogP contribution in [0.4, 0.5) is 5.13 Å². The van der Waals surface area contributed by atoms with E-state index in [4.69, 9.17) is 0 Å². The molecule has 0 spiro atoms. The number of anilines is 1. The number of nitrogens with zero attached hydrogens (tertiary/aromatic N) is 3. The molecule has 20 heavy (non-hydrogen) atoms. The Bertz CT molecular complexity index is 600. The molecule has 1 saturated heterocycles. The highest BCUT2D eigenvalue weighted by atomic mass is 32.1. The number of fused-ring (bicyclic) bond motifs is 1. The van der Waals surface area contributed by atoms with Crippen LogP contribution >= 0.6 is 22.7 Å². The lowest BCUT2D eigenvalue weighted by Crippen LogP contribution is -2.41. The maximum absolute atomic E-state index is 12.6. The highest BCUT2D eigenvalue weighted by molar-refractivity contribution is 7.29. The summed E-state index contributed by atoms with van der Waals surface area (Å²) in [7, 11) is 3.98. The Balaban J connectivity index is 1.86. The van der Waals surface area contributed by atoms with Crippen molar-refractivity contribution in [1.82, 2.24) is 9.88 Å². The SMILES string of the molecule is CC1CCCCN1C(=O)c1cc2sc(N(C)C)nc2s1. The highest BCUT2D eigenvalue weighted by Crippen LogP contribution is 2.35. The second-order valence-corrected chi connectivity index (χ2v) is 7.55. The van der Waals surface area contributed by atoms with Crippen LogP contribution in [-0.2, 0) is 0 Å². The van der Waals surface area contributed by atoms with Gasteiger partial charge in [0.2, 0.25) is 0 Å². The Morgan fingerprint density at radius 3 is 2.85 bits per heavy atom. The predicted octanol–water partition coefficient (Wildman–Crippen LogP) is 3.44. The van der Waals surface area contributed by atoms with E-state index in [1.165, 1.54) is 17.8 Å². The Hall–Kier alpha value is -1.14. The summed E-state index contributed by atoms with van der Waals surface area (Å²) in [6, 6.07) is 2.37. The molecule has 4 nitrogen and oxygen atoms in total. The van der Waals surface area contributed by atoms with Crippen molar-refractivity contribution >= 4 is 43.2 Å². The number of rotatable bonds is 2. The average molecular weight is 309 g/mol. The monoisotopic (exact) mass is 309 g/mol. The van der Waals surface area contributed by atoms with Gasteiger partial charge in [-0.1, -0.05) is 11.3 Å². The third kappa shape index (κ3) is 2.42. The van der Waals surface area contributed by atoms with Gasteiger partial charge < -0.3 is 9.80 Å². The van der Waals surface area contributed by atoms with Gasteiger partial charge in [0.05, 0.1) is 9.58 Å². The van der Waals surface area contributed by atoms with Gasteiger partial charge in [0.1, 0.15) is 4.83 Å². The molecule has 2 aromatic heterocycles. The normalized spacial score (nSPS) is 19.6. The molecule has 1 aliphatic rings. The number of hydrogen-bond acceptors (Lipinski definition) is 5. The van der Waals surface area contributed by atoms with Crippen molar-refractivity contribution < 1.29 is 4.79 Å². The first kappa shape index (κ1) is 13.8. The lowest BCUT2D eigenvalue weighted by Gasteiger charge is -2.33. The Morgan fingerprint density at radius 1 is 1.40 bits per heavy atom. The van der Waals surface area contributed by atoms with Gasteiger partial charge in [0.25, 0.3) is 5.91 Å². The van der Waals surface area contributed by atoms with Crippen molar-refractivity contribution in [1.29, 1.82) is 0 Å². The first-order valence-electron chi connectivity index (χ1n) is 6.95. The number of piperidine rings is 1. The third-order valence-corrected chi connectivity index (χ3v) is 6.05. The van der Waals surface area contributed by atoms with Gasteiger partial charge in [-0.3, -0.25) is 4.79 Å². The summed E-state index contributed by atoms with van der Waals surface area (Å²) >= 11 is 3.17. The molecule has 1 atom stereocenters. The summed E-state index contributed by atoms with van der Waals surface area (Å²) < 4.78 is 1.12. The van der Waals surface area contributed by atoms with Crippen LogP contribution in [0.2, 0.25) is 0 Å². The zero-order valence-corrected chi connectivity index (χ0v) is 13.7. The van der Waals surface area contributed by atoms with Crippen LogP contribution in [0, 0.1) is 0 Å². The number of amides is 1. The van der Waals surface area contributed by atoms with Crippen LogP contribution in [0.25, 0.3) is 9.53 Å². The molecule has 0 bridgehead atoms. The molecule has 1 amide bonds. The van der Waals surface area contributed by atoms with E-state index in [9.17, 15) is 4.79 Å². The number of carbonyl (C=O) groups excluding carboxylic acids is 1. The van der Waals surface area contributed by atoms with Crippen molar-refractivity contribution in [3.05, 3.63) is 10.9 Å². The second kappa shape index (κ2) is 5.33. The van der Waals surface area contributed by atoms with Crippen LogP contribution in [0.3, 0.4) is 0 Å². The van der Waals surface area contributed by atoms with Gasteiger partial charge in [-0.05, 0) is 32.3 Å². The molecule has 6 heteroatoms. The van der Waals surface area contributed by atoms with Crippen LogP contribution < -0.4 is 4.90 Å². The fourth-order valence-electron chi connectivity index (χ4n) is 2.56. The minimum atomic E-state index is 0.179. The second-order valence-electron chi connectivity index (χ2n) is 5.51. The Labute approximate surface area is 127 Å². The molecule has 3 heterocycles. The first-order chi connectivity index (χ1) is 9.56.